The molecule has 0 aromatic heterocycles. The molecule has 0 amide bonds. The third kappa shape index (κ3) is 2.40. The summed E-state index contributed by atoms with van der Waals surface area (Å²) in [7, 11) is 0. The molecule has 0 aliphatic carbocycles. The number of carboxylic acids is 1. The van der Waals surface area contributed by atoms with Crippen LogP contribution in [0.5, 0.6) is 0 Å². The molecule has 1 N–H and O–H groups in total. The Kier molecular flexibility index (Phi) is 4.36. The van der Waals surface area contributed by atoms with Crippen molar-refractivity contribution in [2.75, 3.05) is 6.54 Å². The largest absolute Gasteiger partial charge is 0.480 e. The number of piperidine rings is 1. The van der Waals surface area contributed by atoms with Crippen LogP contribution in [0.15, 0.2) is 0 Å². The van der Waals surface area contributed by atoms with Gasteiger partial charge in [0.05, 0.1) is 0 Å². The second-order valence-corrected chi connectivity index (χ2v) is 5.36. The summed E-state index contributed by atoms with van der Waals surface area (Å²) in [4.78, 5) is 13.7. The van der Waals surface area contributed by atoms with Gasteiger partial charge in [-0.05, 0) is 45.6 Å². The van der Waals surface area contributed by atoms with Gasteiger partial charge in [0.1, 0.15) is 5.54 Å². The first kappa shape index (κ1) is 13.5. The zero-order valence-electron chi connectivity index (χ0n) is 11.0. The van der Waals surface area contributed by atoms with Gasteiger partial charge >= 0.3 is 5.97 Å². The maximum atomic E-state index is 11.5. The van der Waals surface area contributed by atoms with Crippen LogP contribution >= 0.6 is 0 Å². The summed E-state index contributed by atoms with van der Waals surface area (Å²) in [5.41, 5.74) is -0.652. The zero-order chi connectivity index (χ0) is 12.3. The summed E-state index contributed by atoms with van der Waals surface area (Å²) in [6.45, 7) is 9.35. The van der Waals surface area contributed by atoms with Crippen molar-refractivity contribution in [3.63, 3.8) is 0 Å². The average Bonchev–Trinajstić information content (AvgIpc) is 2.27. The highest BCUT2D eigenvalue weighted by Crippen LogP contribution is 2.32. The van der Waals surface area contributed by atoms with Gasteiger partial charge in [0, 0.05) is 6.04 Å². The first-order valence-corrected chi connectivity index (χ1v) is 6.43. The van der Waals surface area contributed by atoms with Crippen LogP contribution in [-0.2, 0) is 4.79 Å². The van der Waals surface area contributed by atoms with Crippen LogP contribution in [0.1, 0.15) is 53.4 Å². The Morgan fingerprint density at radius 3 is 2.56 bits per heavy atom. The Labute approximate surface area is 98.8 Å². The summed E-state index contributed by atoms with van der Waals surface area (Å²) in [6.07, 6.45) is 4.05. The molecule has 1 aliphatic heterocycles. The molecular formula is C13H25NO2. The van der Waals surface area contributed by atoms with Gasteiger partial charge in [-0.2, -0.15) is 0 Å². The highest BCUT2D eigenvalue weighted by atomic mass is 16.4. The standard InChI is InChI=1S/C13H25NO2/c1-5-10(2)11(3)14-9-7-6-8-13(14,4)12(15)16/h10-11H,5-9H2,1-4H3,(H,15,16). The number of hydrogen-bond acceptors (Lipinski definition) is 2. The molecule has 0 saturated carbocycles. The lowest BCUT2D eigenvalue weighted by molar-refractivity contribution is -0.155. The lowest BCUT2D eigenvalue weighted by Gasteiger charge is -2.46. The van der Waals surface area contributed by atoms with Crippen molar-refractivity contribution in [1.29, 1.82) is 0 Å². The molecule has 3 atom stereocenters. The van der Waals surface area contributed by atoms with Crippen LogP contribution in [-0.4, -0.2) is 34.1 Å². The summed E-state index contributed by atoms with van der Waals surface area (Å²) >= 11 is 0. The van der Waals surface area contributed by atoms with Crippen molar-refractivity contribution in [1.82, 2.24) is 4.90 Å². The predicted octanol–water partition coefficient (Wildman–Crippen LogP) is 2.75. The van der Waals surface area contributed by atoms with Crippen molar-refractivity contribution in [3.8, 4) is 0 Å². The first-order valence-electron chi connectivity index (χ1n) is 6.43. The van der Waals surface area contributed by atoms with Crippen LogP contribution in [0.25, 0.3) is 0 Å². The van der Waals surface area contributed by atoms with Crippen LogP contribution in [0.4, 0.5) is 0 Å². The van der Waals surface area contributed by atoms with E-state index in [2.05, 4.69) is 25.7 Å². The molecule has 16 heavy (non-hydrogen) atoms. The summed E-state index contributed by atoms with van der Waals surface area (Å²) in [5.74, 6) is -0.112. The van der Waals surface area contributed by atoms with E-state index in [0.29, 0.717) is 12.0 Å². The molecule has 1 fully saturated rings. The fourth-order valence-corrected chi connectivity index (χ4v) is 2.67. The molecule has 0 bridgehead atoms. The molecule has 3 nitrogen and oxygen atoms in total. The molecule has 1 saturated heterocycles. The zero-order valence-corrected chi connectivity index (χ0v) is 11.0. The van der Waals surface area contributed by atoms with Crippen LogP contribution in [0.3, 0.4) is 0 Å². The summed E-state index contributed by atoms with van der Waals surface area (Å²) in [6, 6.07) is 0.353. The molecule has 0 aromatic carbocycles. The normalized spacial score (nSPS) is 31.0. The van der Waals surface area contributed by atoms with E-state index in [-0.39, 0.29) is 0 Å². The molecule has 3 heteroatoms. The highest BCUT2D eigenvalue weighted by Gasteiger charge is 2.43. The number of carbonyl (C=O) groups is 1. The van der Waals surface area contributed by atoms with E-state index < -0.39 is 11.5 Å². The Balaban J connectivity index is 2.86. The highest BCUT2D eigenvalue weighted by molar-refractivity contribution is 5.78. The van der Waals surface area contributed by atoms with Gasteiger partial charge in [-0.25, -0.2) is 0 Å². The Morgan fingerprint density at radius 1 is 1.44 bits per heavy atom. The number of nitrogens with zero attached hydrogens (tertiary/aromatic N) is 1. The van der Waals surface area contributed by atoms with E-state index in [1.165, 1.54) is 0 Å². The van der Waals surface area contributed by atoms with Gasteiger partial charge in [0.2, 0.25) is 0 Å². The quantitative estimate of drug-likeness (QED) is 0.803. The van der Waals surface area contributed by atoms with Crippen molar-refractivity contribution >= 4 is 5.97 Å². The molecule has 0 aromatic rings. The van der Waals surface area contributed by atoms with Crippen LogP contribution < -0.4 is 0 Å². The minimum absolute atomic E-state index is 0.353. The van der Waals surface area contributed by atoms with Gasteiger partial charge < -0.3 is 5.11 Å². The molecule has 0 spiro atoms. The third-order valence-corrected chi connectivity index (χ3v) is 4.37. The molecule has 3 unspecified atom stereocenters. The van der Waals surface area contributed by atoms with E-state index in [0.717, 1.165) is 32.2 Å². The fraction of sp³-hybridized carbons (Fsp3) is 0.923. The molecule has 1 rings (SSSR count). The predicted molar refractivity (Wildman–Crippen MR) is 65.5 cm³/mol. The number of aliphatic carboxylic acids is 1. The number of likely N-dealkylation sites (tertiary alicyclic amines) is 1. The molecule has 1 aliphatic rings. The molecule has 0 radical (unpaired) electrons. The second kappa shape index (κ2) is 5.17. The fourth-order valence-electron chi connectivity index (χ4n) is 2.67. The summed E-state index contributed by atoms with van der Waals surface area (Å²) < 4.78 is 0. The topological polar surface area (TPSA) is 40.5 Å². The number of hydrogen-bond donors (Lipinski definition) is 1. The van der Waals surface area contributed by atoms with Crippen molar-refractivity contribution < 1.29 is 9.90 Å². The average molecular weight is 227 g/mol. The van der Waals surface area contributed by atoms with E-state index in [1.807, 2.05) is 6.92 Å². The monoisotopic (exact) mass is 227 g/mol. The minimum atomic E-state index is -0.664. The van der Waals surface area contributed by atoms with E-state index in [1.54, 1.807) is 0 Å². The Hall–Kier alpha value is -0.570. The summed E-state index contributed by atoms with van der Waals surface area (Å²) in [5, 5.41) is 9.43. The van der Waals surface area contributed by atoms with E-state index >= 15 is 0 Å². The van der Waals surface area contributed by atoms with Gasteiger partial charge in [0.15, 0.2) is 0 Å². The minimum Gasteiger partial charge on any atom is -0.480 e. The van der Waals surface area contributed by atoms with Crippen LogP contribution in [0.2, 0.25) is 0 Å². The Morgan fingerprint density at radius 2 is 2.06 bits per heavy atom. The van der Waals surface area contributed by atoms with Gasteiger partial charge in [-0.3, -0.25) is 9.69 Å². The lowest BCUT2D eigenvalue weighted by Crippen LogP contribution is -2.59. The molecule has 1 heterocycles. The third-order valence-electron chi connectivity index (χ3n) is 4.37. The number of rotatable bonds is 4. The second-order valence-electron chi connectivity index (χ2n) is 5.36. The van der Waals surface area contributed by atoms with Crippen molar-refractivity contribution in [2.24, 2.45) is 5.92 Å². The smallest absolute Gasteiger partial charge is 0.323 e. The molecule has 94 valence electrons. The van der Waals surface area contributed by atoms with Gasteiger partial charge in [0.25, 0.3) is 0 Å². The first-order chi connectivity index (χ1) is 7.43. The maximum absolute atomic E-state index is 11.5. The number of carboxylic acid groups (broad SMARTS) is 1. The van der Waals surface area contributed by atoms with Gasteiger partial charge in [-0.15, -0.1) is 0 Å². The molecular weight excluding hydrogens is 202 g/mol. The van der Waals surface area contributed by atoms with Crippen molar-refractivity contribution in [3.05, 3.63) is 0 Å². The Bertz CT molecular complexity index is 254. The van der Waals surface area contributed by atoms with Crippen LogP contribution in [0, 0.1) is 5.92 Å². The maximum Gasteiger partial charge on any atom is 0.323 e. The lowest BCUT2D eigenvalue weighted by atomic mass is 9.84. The van der Waals surface area contributed by atoms with E-state index in [4.69, 9.17) is 0 Å². The van der Waals surface area contributed by atoms with E-state index in [9.17, 15) is 9.90 Å². The SMILES string of the molecule is CCC(C)C(C)N1CCCCC1(C)C(=O)O. The van der Waals surface area contributed by atoms with Gasteiger partial charge in [-0.1, -0.05) is 20.3 Å². The van der Waals surface area contributed by atoms with Crippen molar-refractivity contribution in [2.45, 2.75) is 65.0 Å².